The first-order valence-corrected chi connectivity index (χ1v) is 31.3. The SMILES string of the molecule is CCC/C=C\C/C=C\CCCCCCCC(=O)OCCCCCCCCCCCCCCCCCCCCCCCCCCCCCCCCC(=O)NC(CO)C(O)/C=C/CCCCCCCCCC. The van der Waals surface area contributed by atoms with E-state index in [-0.39, 0.29) is 18.5 Å². The number of carbonyl (C=O) groups is 2. The van der Waals surface area contributed by atoms with Crippen molar-refractivity contribution in [3.05, 3.63) is 36.5 Å². The number of carbonyl (C=O) groups excluding carboxylic acids is 2. The highest BCUT2D eigenvalue weighted by atomic mass is 16.5. The number of aliphatic hydroxyl groups is 2. The lowest BCUT2D eigenvalue weighted by Gasteiger charge is -2.20. The first-order chi connectivity index (χ1) is 34.5. The standard InChI is InChI=1S/C64H121NO5/c1-3-5-7-9-11-13-15-34-38-42-46-50-54-58-64(69)70-59-55-51-47-43-39-36-33-31-29-27-25-23-21-19-17-16-18-20-22-24-26-28-30-32-35-37-41-45-49-53-57-63(68)65-61(60-66)62(67)56-52-48-44-40-14-12-10-8-6-4-2/h7,9,13,15,52,56,61-62,66-67H,3-6,8,10-12,14,16-51,53-55,57-60H2,1-2H3,(H,65,68)/b9-7-,15-13-,56-52+. The predicted octanol–water partition coefficient (Wildman–Crippen LogP) is 19.6. The van der Waals surface area contributed by atoms with E-state index in [0.717, 1.165) is 51.4 Å². The summed E-state index contributed by atoms with van der Waals surface area (Å²) in [6.45, 7) is 4.83. The van der Waals surface area contributed by atoms with Gasteiger partial charge < -0.3 is 20.3 Å². The number of nitrogens with one attached hydrogen (secondary N) is 1. The molecule has 70 heavy (non-hydrogen) atoms. The largest absolute Gasteiger partial charge is 0.466 e. The Hall–Kier alpha value is -1.92. The van der Waals surface area contributed by atoms with Gasteiger partial charge in [0.05, 0.1) is 25.4 Å². The van der Waals surface area contributed by atoms with E-state index >= 15 is 0 Å². The normalized spacial score (nSPS) is 12.8. The fraction of sp³-hybridized carbons (Fsp3) is 0.875. The third kappa shape index (κ3) is 55.4. The summed E-state index contributed by atoms with van der Waals surface area (Å²) in [5.74, 6) is -0.0613. The molecule has 2 atom stereocenters. The summed E-state index contributed by atoms with van der Waals surface area (Å²) in [6.07, 6.45) is 75.0. The van der Waals surface area contributed by atoms with Gasteiger partial charge in [-0.25, -0.2) is 0 Å². The number of esters is 1. The van der Waals surface area contributed by atoms with Crippen molar-refractivity contribution >= 4 is 11.9 Å². The Morgan fingerprint density at radius 2 is 0.743 bits per heavy atom. The van der Waals surface area contributed by atoms with Crippen molar-refractivity contribution in [3.8, 4) is 0 Å². The molecule has 412 valence electrons. The van der Waals surface area contributed by atoms with E-state index in [1.165, 1.54) is 257 Å². The molecule has 2 unspecified atom stereocenters. The van der Waals surface area contributed by atoms with Gasteiger partial charge in [0.1, 0.15) is 0 Å². The van der Waals surface area contributed by atoms with Crippen LogP contribution in [0.5, 0.6) is 0 Å². The maximum atomic E-state index is 12.4. The zero-order valence-electron chi connectivity index (χ0n) is 47.0. The summed E-state index contributed by atoms with van der Waals surface area (Å²) in [7, 11) is 0. The van der Waals surface area contributed by atoms with E-state index in [1.807, 2.05) is 6.08 Å². The van der Waals surface area contributed by atoms with Gasteiger partial charge in [-0.2, -0.15) is 0 Å². The molecule has 3 N–H and O–H groups in total. The lowest BCUT2D eigenvalue weighted by atomic mass is 10.0. The molecule has 0 aromatic carbocycles. The second kappa shape index (κ2) is 59.6. The van der Waals surface area contributed by atoms with Crippen LogP contribution in [0.4, 0.5) is 0 Å². The van der Waals surface area contributed by atoms with E-state index in [4.69, 9.17) is 4.74 Å². The first-order valence-electron chi connectivity index (χ1n) is 31.3. The Morgan fingerprint density at radius 3 is 1.14 bits per heavy atom. The molecular weight excluding hydrogens is 863 g/mol. The Bertz CT molecular complexity index is 1130. The van der Waals surface area contributed by atoms with Gasteiger partial charge in [0.25, 0.3) is 0 Å². The number of unbranched alkanes of at least 4 members (excludes halogenated alkanes) is 43. The number of ether oxygens (including phenoxy) is 1. The molecule has 1 amide bonds. The Morgan fingerprint density at radius 1 is 0.400 bits per heavy atom. The fourth-order valence-electron chi connectivity index (χ4n) is 9.61. The zero-order valence-corrected chi connectivity index (χ0v) is 47.0. The van der Waals surface area contributed by atoms with Crippen LogP contribution in [0.1, 0.15) is 335 Å². The molecular formula is C64H121NO5. The predicted molar refractivity (Wildman–Crippen MR) is 306 cm³/mol. The molecule has 0 aliphatic carbocycles. The van der Waals surface area contributed by atoms with Crippen molar-refractivity contribution in [2.45, 2.75) is 347 Å². The Balaban J connectivity index is 3.32. The summed E-state index contributed by atoms with van der Waals surface area (Å²) in [4.78, 5) is 24.4. The van der Waals surface area contributed by atoms with Crippen molar-refractivity contribution in [1.29, 1.82) is 0 Å². The zero-order chi connectivity index (χ0) is 50.7. The summed E-state index contributed by atoms with van der Waals surface area (Å²) < 4.78 is 5.47. The second-order valence-corrected chi connectivity index (χ2v) is 21.4. The molecule has 0 aliphatic heterocycles. The molecule has 0 fully saturated rings. The van der Waals surface area contributed by atoms with Crippen LogP contribution < -0.4 is 5.32 Å². The number of amides is 1. The minimum Gasteiger partial charge on any atom is -0.466 e. The minimum absolute atomic E-state index is 0.00415. The van der Waals surface area contributed by atoms with Gasteiger partial charge >= 0.3 is 5.97 Å². The number of aliphatic hydroxyl groups excluding tert-OH is 2. The van der Waals surface area contributed by atoms with Crippen molar-refractivity contribution in [2.75, 3.05) is 13.2 Å². The van der Waals surface area contributed by atoms with Crippen LogP contribution in [-0.4, -0.2) is 47.4 Å². The van der Waals surface area contributed by atoms with Crippen molar-refractivity contribution in [3.63, 3.8) is 0 Å². The molecule has 0 heterocycles. The third-order valence-corrected chi connectivity index (χ3v) is 14.4. The van der Waals surface area contributed by atoms with E-state index in [9.17, 15) is 19.8 Å². The van der Waals surface area contributed by atoms with Crippen LogP contribution >= 0.6 is 0 Å². The molecule has 6 heteroatoms. The minimum atomic E-state index is -0.839. The lowest BCUT2D eigenvalue weighted by Crippen LogP contribution is -2.45. The summed E-state index contributed by atoms with van der Waals surface area (Å²) >= 11 is 0. The van der Waals surface area contributed by atoms with Crippen molar-refractivity contribution < 1.29 is 24.5 Å². The van der Waals surface area contributed by atoms with Gasteiger partial charge in [-0.3, -0.25) is 9.59 Å². The van der Waals surface area contributed by atoms with E-state index in [2.05, 4.69) is 43.5 Å². The van der Waals surface area contributed by atoms with Crippen LogP contribution in [-0.2, 0) is 14.3 Å². The lowest BCUT2D eigenvalue weighted by molar-refractivity contribution is -0.143. The van der Waals surface area contributed by atoms with Gasteiger partial charge in [0.2, 0.25) is 5.91 Å². The highest BCUT2D eigenvalue weighted by Crippen LogP contribution is 2.18. The monoisotopic (exact) mass is 984 g/mol. The average molecular weight is 985 g/mol. The molecule has 0 radical (unpaired) electrons. The average Bonchev–Trinajstić information content (AvgIpc) is 3.36. The number of allylic oxidation sites excluding steroid dienone is 5. The van der Waals surface area contributed by atoms with Crippen LogP contribution in [0.2, 0.25) is 0 Å². The molecule has 0 bridgehead atoms. The molecule has 0 rings (SSSR count). The van der Waals surface area contributed by atoms with Crippen LogP contribution in [0.3, 0.4) is 0 Å². The van der Waals surface area contributed by atoms with Gasteiger partial charge in [0.15, 0.2) is 0 Å². The van der Waals surface area contributed by atoms with Crippen LogP contribution in [0, 0.1) is 0 Å². The van der Waals surface area contributed by atoms with Gasteiger partial charge in [-0.15, -0.1) is 0 Å². The number of hydrogen-bond donors (Lipinski definition) is 3. The van der Waals surface area contributed by atoms with Crippen LogP contribution in [0.25, 0.3) is 0 Å². The Kier molecular flexibility index (Phi) is 58.0. The summed E-state index contributed by atoms with van der Waals surface area (Å²) in [5.41, 5.74) is 0. The topological polar surface area (TPSA) is 95.9 Å². The van der Waals surface area contributed by atoms with Gasteiger partial charge in [-0.05, 0) is 57.8 Å². The smallest absolute Gasteiger partial charge is 0.305 e. The van der Waals surface area contributed by atoms with Gasteiger partial charge in [0, 0.05) is 12.8 Å². The molecule has 0 aliphatic rings. The number of hydrogen-bond acceptors (Lipinski definition) is 5. The molecule has 6 nitrogen and oxygen atoms in total. The van der Waals surface area contributed by atoms with Crippen LogP contribution in [0.15, 0.2) is 36.5 Å². The van der Waals surface area contributed by atoms with Crippen molar-refractivity contribution in [1.82, 2.24) is 5.32 Å². The maximum Gasteiger partial charge on any atom is 0.305 e. The van der Waals surface area contributed by atoms with E-state index < -0.39 is 12.1 Å². The number of rotatable bonds is 58. The maximum absolute atomic E-state index is 12.4. The molecule has 0 saturated heterocycles. The van der Waals surface area contributed by atoms with E-state index in [0.29, 0.717) is 19.4 Å². The summed E-state index contributed by atoms with van der Waals surface area (Å²) in [6, 6.07) is -0.623. The first kappa shape index (κ1) is 68.1. The Labute approximate surface area is 436 Å². The summed E-state index contributed by atoms with van der Waals surface area (Å²) in [5, 5.41) is 23.0. The molecule has 0 aromatic heterocycles. The second-order valence-electron chi connectivity index (χ2n) is 21.4. The molecule has 0 spiro atoms. The quantitative estimate of drug-likeness (QED) is 0.0321. The highest BCUT2D eigenvalue weighted by Gasteiger charge is 2.18. The molecule has 0 saturated carbocycles. The third-order valence-electron chi connectivity index (χ3n) is 14.4. The van der Waals surface area contributed by atoms with Crippen molar-refractivity contribution in [2.24, 2.45) is 0 Å². The highest BCUT2D eigenvalue weighted by molar-refractivity contribution is 5.76. The molecule has 0 aromatic rings. The fourth-order valence-corrected chi connectivity index (χ4v) is 9.61. The van der Waals surface area contributed by atoms with Gasteiger partial charge in [-0.1, -0.05) is 301 Å². The van der Waals surface area contributed by atoms with E-state index in [1.54, 1.807) is 6.08 Å².